The molecule has 0 aromatic heterocycles. The Hall–Kier alpha value is -1.27. The molecule has 0 spiro atoms. The van der Waals surface area contributed by atoms with Gasteiger partial charge in [0.2, 0.25) is 0 Å². The van der Waals surface area contributed by atoms with E-state index in [4.69, 9.17) is 9.47 Å². The highest BCUT2D eigenvalue weighted by molar-refractivity contribution is 5.17. The summed E-state index contributed by atoms with van der Waals surface area (Å²) in [7, 11) is 0. The molecule has 0 bridgehead atoms. The van der Waals surface area contributed by atoms with Crippen molar-refractivity contribution < 1.29 is 19.0 Å². The number of nitrogens with zero attached hydrogens (tertiary/aromatic N) is 1. The number of aliphatic hydroxyl groups excluding tert-OH is 1. The van der Waals surface area contributed by atoms with Crippen molar-refractivity contribution in [3.05, 3.63) is 48.3 Å². The van der Waals surface area contributed by atoms with Gasteiger partial charge in [-0.1, -0.05) is 24.3 Å². The zero-order valence-electron chi connectivity index (χ0n) is 13.5. The van der Waals surface area contributed by atoms with E-state index in [1.54, 1.807) is 18.2 Å². The molecule has 2 atom stereocenters. The van der Waals surface area contributed by atoms with E-state index in [1.165, 1.54) is 6.07 Å². The highest BCUT2D eigenvalue weighted by Gasteiger charge is 2.22. The normalized spacial score (nSPS) is 19.2. The van der Waals surface area contributed by atoms with Gasteiger partial charge in [-0.05, 0) is 18.9 Å². The first kappa shape index (κ1) is 18.1. The zero-order valence-corrected chi connectivity index (χ0v) is 13.5. The van der Waals surface area contributed by atoms with Crippen LogP contribution in [0.5, 0.6) is 0 Å². The highest BCUT2D eigenvalue weighted by Crippen LogP contribution is 2.16. The molecule has 23 heavy (non-hydrogen) atoms. The predicted octanol–water partition coefficient (Wildman–Crippen LogP) is 2.37. The molecule has 1 aromatic carbocycles. The van der Waals surface area contributed by atoms with Gasteiger partial charge >= 0.3 is 0 Å². The van der Waals surface area contributed by atoms with Gasteiger partial charge in [-0.15, -0.1) is 6.58 Å². The van der Waals surface area contributed by atoms with E-state index < -0.39 is 6.10 Å². The SMILES string of the molecule is C=CCOC[C@@H](O)CN(Cc1ccccc1F)C[C@@H]1CCCO1. The van der Waals surface area contributed by atoms with E-state index in [2.05, 4.69) is 6.58 Å². The third-order valence-electron chi connectivity index (χ3n) is 3.85. The molecule has 4 nitrogen and oxygen atoms in total. The number of hydrogen-bond donors (Lipinski definition) is 1. The molecule has 0 aliphatic carbocycles. The fourth-order valence-corrected chi connectivity index (χ4v) is 2.79. The van der Waals surface area contributed by atoms with Crippen LogP contribution >= 0.6 is 0 Å². The van der Waals surface area contributed by atoms with Crippen LogP contribution in [0.25, 0.3) is 0 Å². The van der Waals surface area contributed by atoms with Crippen molar-refractivity contribution in [1.29, 1.82) is 0 Å². The molecule has 2 rings (SSSR count). The summed E-state index contributed by atoms with van der Waals surface area (Å²) in [4.78, 5) is 2.04. The topological polar surface area (TPSA) is 41.9 Å². The van der Waals surface area contributed by atoms with Gasteiger partial charge in [0.25, 0.3) is 0 Å². The molecule has 1 aromatic rings. The first-order valence-electron chi connectivity index (χ1n) is 8.13. The number of aliphatic hydroxyl groups is 1. The summed E-state index contributed by atoms with van der Waals surface area (Å²) in [5.41, 5.74) is 0.629. The van der Waals surface area contributed by atoms with E-state index >= 15 is 0 Å². The lowest BCUT2D eigenvalue weighted by atomic mass is 10.1. The van der Waals surface area contributed by atoms with Crippen LogP contribution in [-0.2, 0) is 16.0 Å². The molecule has 5 heteroatoms. The summed E-state index contributed by atoms with van der Waals surface area (Å²) < 4.78 is 24.9. The third kappa shape index (κ3) is 6.39. The van der Waals surface area contributed by atoms with Crippen molar-refractivity contribution >= 4 is 0 Å². The number of benzene rings is 1. The minimum atomic E-state index is -0.622. The molecular weight excluding hydrogens is 297 g/mol. The van der Waals surface area contributed by atoms with Gasteiger partial charge in [0.15, 0.2) is 0 Å². The highest BCUT2D eigenvalue weighted by atomic mass is 19.1. The van der Waals surface area contributed by atoms with Crippen LogP contribution in [0.3, 0.4) is 0 Å². The average Bonchev–Trinajstić information content (AvgIpc) is 3.03. The smallest absolute Gasteiger partial charge is 0.127 e. The lowest BCUT2D eigenvalue weighted by molar-refractivity contribution is 0.00830. The molecule has 1 saturated heterocycles. The second-order valence-corrected chi connectivity index (χ2v) is 5.90. The Morgan fingerprint density at radius 3 is 3.00 bits per heavy atom. The Balaban J connectivity index is 1.93. The van der Waals surface area contributed by atoms with Gasteiger partial charge in [-0.25, -0.2) is 4.39 Å². The van der Waals surface area contributed by atoms with Crippen LogP contribution in [0.15, 0.2) is 36.9 Å². The van der Waals surface area contributed by atoms with Crippen LogP contribution in [0.2, 0.25) is 0 Å². The maximum Gasteiger partial charge on any atom is 0.127 e. The van der Waals surface area contributed by atoms with Crippen molar-refractivity contribution in [3.63, 3.8) is 0 Å². The minimum Gasteiger partial charge on any atom is -0.389 e. The Kier molecular flexibility index (Phi) is 7.68. The van der Waals surface area contributed by atoms with Gasteiger partial charge in [-0.3, -0.25) is 4.90 Å². The van der Waals surface area contributed by atoms with Crippen molar-refractivity contribution in [2.75, 3.05) is 32.9 Å². The molecule has 1 aliphatic heterocycles. The van der Waals surface area contributed by atoms with Gasteiger partial charge in [0.05, 0.1) is 25.4 Å². The van der Waals surface area contributed by atoms with Crippen LogP contribution in [0.4, 0.5) is 4.39 Å². The van der Waals surface area contributed by atoms with Crippen molar-refractivity contribution in [1.82, 2.24) is 4.90 Å². The summed E-state index contributed by atoms with van der Waals surface area (Å²) in [5, 5.41) is 10.1. The number of rotatable bonds is 10. The lowest BCUT2D eigenvalue weighted by Crippen LogP contribution is -2.39. The molecule has 0 radical (unpaired) electrons. The Labute approximate surface area is 137 Å². The van der Waals surface area contributed by atoms with E-state index in [0.717, 1.165) is 19.4 Å². The first-order valence-corrected chi connectivity index (χ1v) is 8.13. The number of ether oxygens (including phenoxy) is 2. The second kappa shape index (κ2) is 9.78. The van der Waals surface area contributed by atoms with Crippen molar-refractivity contribution in [3.8, 4) is 0 Å². The zero-order chi connectivity index (χ0) is 16.5. The summed E-state index contributed by atoms with van der Waals surface area (Å²) in [6.07, 6.45) is 3.25. The van der Waals surface area contributed by atoms with E-state index in [1.807, 2.05) is 11.0 Å². The fraction of sp³-hybridized carbons (Fsp3) is 0.556. The summed E-state index contributed by atoms with van der Waals surface area (Å²) >= 11 is 0. The van der Waals surface area contributed by atoms with Gasteiger partial charge in [-0.2, -0.15) is 0 Å². The number of hydrogen-bond acceptors (Lipinski definition) is 4. The molecule has 0 amide bonds. The second-order valence-electron chi connectivity index (χ2n) is 5.90. The average molecular weight is 323 g/mol. The largest absolute Gasteiger partial charge is 0.389 e. The standard InChI is InChI=1S/C18H26FNO3/c1-2-9-22-14-16(21)12-20(13-17-7-5-10-23-17)11-15-6-3-4-8-18(15)19/h2-4,6,8,16-17,21H,1,5,7,9-14H2/t16-,17-/m0/s1. The van der Waals surface area contributed by atoms with Gasteiger partial charge < -0.3 is 14.6 Å². The van der Waals surface area contributed by atoms with Crippen LogP contribution in [0.1, 0.15) is 18.4 Å². The Morgan fingerprint density at radius 1 is 1.48 bits per heavy atom. The fourth-order valence-electron chi connectivity index (χ4n) is 2.79. The molecule has 1 fully saturated rings. The van der Waals surface area contributed by atoms with Gasteiger partial charge in [0.1, 0.15) is 5.82 Å². The maximum atomic E-state index is 13.9. The summed E-state index contributed by atoms with van der Waals surface area (Å²) in [5.74, 6) is -0.220. The van der Waals surface area contributed by atoms with Crippen LogP contribution in [0, 0.1) is 5.82 Å². The monoisotopic (exact) mass is 323 g/mol. The van der Waals surface area contributed by atoms with E-state index in [9.17, 15) is 9.50 Å². The Bertz CT molecular complexity index is 477. The van der Waals surface area contributed by atoms with Crippen molar-refractivity contribution in [2.45, 2.75) is 31.6 Å². The number of halogens is 1. The summed E-state index contributed by atoms with van der Waals surface area (Å²) in [6, 6.07) is 6.75. The predicted molar refractivity (Wildman–Crippen MR) is 87.7 cm³/mol. The molecule has 1 N–H and O–H groups in total. The molecule has 128 valence electrons. The first-order chi connectivity index (χ1) is 11.2. The van der Waals surface area contributed by atoms with Crippen LogP contribution < -0.4 is 0 Å². The quantitative estimate of drug-likeness (QED) is 0.530. The molecule has 1 heterocycles. The molecule has 0 unspecified atom stereocenters. The van der Waals surface area contributed by atoms with E-state index in [0.29, 0.717) is 31.8 Å². The maximum absolute atomic E-state index is 13.9. The minimum absolute atomic E-state index is 0.156. The van der Waals surface area contributed by atoms with Gasteiger partial charge in [0, 0.05) is 31.8 Å². The molecular formula is C18H26FNO3. The Morgan fingerprint density at radius 2 is 2.30 bits per heavy atom. The third-order valence-corrected chi connectivity index (χ3v) is 3.85. The van der Waals surface area contributed by atoms with E-state index in [-0.39, 0.29) is 18.5 Å². The summed E-state index contributed by atoms with van der Waals surface area (Å²) in [6.45, 7) is 6.57. The molecule has 0 saturated carbocycles. The molecule has 1 aliphatic rings. The van der Waals surface area contributed by atoms with Crippen LogP contribution in [-0.4, -0.2) is 55.1 Å². The van der Waals surface area contributed by atoms with Crippen molar-refractivity contribution in [2.24, 2.45) is 0 Å². The lowest BCUT2D eigenvalue weighted by Gasteiger charge is -2.27.